The van der Waals surface area contributed by atoms with Crippen molar-refractivity contribution in [1.29, 1.82) is 0 Å². The van der Waals surface area contributed by atoms with Gasteiger partial charge in [-0.2, -0.15) is 0 Å². The Morgan fingerprint density at radius 1 is 1.32 bits per heavy atom. The molecule has 2 N–H and O–H groups in total. The number of aliphatic carboxylic acids is 1. The SMILES string of the molecule is COCCN(CC(=O)O)C(=O)Cc1c(C)[nH]c2ccccc12. The van der Waals surface area contributed by atoms with Gasteiger partial charge in [0.2, 0.25) is 5.91 Å². The fraction of sp³-hybridized carbons (Fsp3) is 0.375. The maximum atomic E-state index is 12.4. The molecule has 1 heterocycles. The lowest BCUT2D eigenvalue weighted by Gasteiger charge is -2.20. The maximum Gasteiger partial charge on any atom is 0.323 e. The molecule has 1 aromatic heterocycles. The first-order chi connectivity index (χ1) is 10.5. The van der Waals surface area contributed by atoms with E-state index >= 15 is 0 Å². The number of hydrogen-bond donors (Lipinski definition) is 2. The molecule has 1 amide bonds. The number of amides is 1. The van der Waals surface area contributed by atoms with Crippen LogP contribution in [-0.2, 0) is 20.7 Å². The Labute approximate surface area is 128 Å². The first-order valence-corrected chi connectivity index (χ1v) is 7.07. The molecule has 0 fully saturated rings. The Hall–Kier alpha value is -2.34. The molecule has 0 saturated carbocycles. The third-order valence-corrected chi connectivity index (χ3v) is 3.60. The van der Waals surface area contributed by atoms with Crippen molar-refractivity contribution in [3.63, 3.8) is 0 Å². The molecule has 0 atom stereocenters. The summed E-state index contributed by atoms with van der Waals surface area (Å²) in [6.45, 7) is 2.18. The number of benzene rings is 1. The van der Waals surface area contributed by atoms with Crippen LogP contribution in [-0.4, -0.2) is 53.7 Å². The fourth-order valence-corrected chi connectivity index (χ4v) is 2.48. The third kappa shape index (κ3) is 3.65. The van der Waals surface area contributed by atoms with Gasteiger partial charge in [0.25, 0.3) is 0 Å². The van der Waals surface area contributed by atoms with Crippen LogP contribution in [0.5, 0.6) is 0 Å². The number of carbonyl (C=O) groups excluding carboxylic acids is 1. The standard InChI is InChI=1S/C16H20N2O4/c1-11-13(12-5-3-4-6-14(12)17-11)9-15(19)18(7-8-22-2)10-16(20)21/h3-6,17H,7-10H2,1-2H3,(H,20,21). The number of carbonyl (C=O) groups is 2. The summed E-state index contributed by atoms with van der Waals surface area (Å²) in [6.07, 6.45) is 0.173. The summed E-state index contributed by atoms with van der Waals surface area (Å²) in [6, 6.07) is 7.76. The first-order valence-electron chi connectivity index (χ1n) is 7.07. The second-order valence-corrected chi connectivity index (χ2v) is 5.15. The summed E-state index contributed by atoms with van der Waals surface area (Å²) in [5.41, 5.74) is 2.81. The van der Waals surface area contributed by atoms with Gasteiger partial charge in [-0.1, -0.05) is 18.2 Å². The maximum absolute atomic E-state index is 12.4. The van der Waals surface area contributed by atoms with Crippen molar-refractivity contribution in [1.82, 2.24) is 9.88 Å². The second kappa shape index (κ2) is 7.09. The predicted octanol–water partition coefficient (Wildman–Crippen LogP) is 1.58. The Kier molecular flexibility index (Phi) is 5.16. The summed E-state index contributed by atoms with van der Waals surface area (Å²) in [7, 11) is 1.52. The second-order valence-electron chi connectivity index (χ2n) is 5.15. The van der Waals surface area contributed by atoms with Gasteiger partial charge in [0, 0.05) is 30.3 Å². The van der Waals surface area contributed by atoms with Crippen molar-refractivity contribution in [2.45, 2.75) is 13.3 Å². The minimum absolute atomic E-state index is 0.173. The van der Waals surface area contributed by atoms with E-state index in [-0.39, 0.29) is 25.4 Å². The fourth-order valence-electron chi connectivity index (χ4n) is 2.48. The van der Waals surface area contributed by atoms with Gasteiger partial charge in [0.15, 0.2) is 0 Å². The molecule has 0 saturated heterocycles. The highest BCUT2D eigenvalue weighted by Gasteiger charge is 2.19. The largest absolute Gasteiger partial charge is 0.480 e. The number of fused-ring (bicyclic) bond motifs is 1. The van der Waals surface area contributed by atoms with Crippen molar-refractivity contribution in [3.05, 3.63) is 35.5 Å². The van der Waals surface area contributed by atoms with Crippen LogP contribution in [0.25, 0.3) is 10.9 Å². The molecular weight excluding hydrogens is 284 g/mol. The number of aromatic amines is 1. The quantitative estimate of drug-likeness (QED) is 0.813. The number of aryl methyl sites for hydroxylation is 1. The van der Waals surface area contributed by atoms with Crippen molar-refractivity contribution < 1.29 is 19.4 Å². The summed E-state index contributed by atoms with van der Waals surface area (Å²) < 4.78 is 4.94. The number of para-hydroxylation sites is 1. The molecule has 6 heteroatoms. The van der Waals surface area contributed by atoms with Crippen molar-refractivity contribution in [2.75, 3.05) is 26.8 Å². The zero-order chi connectivity index (χ0) is 16.1. The van der Waals surface area contributed by atoms with Crippen LogP contribution >= 0.6 is 0 Å². The molecule has 0 radical (unpaired) electrons. The van der Waals surface area contributed by atoms with Crippen LogP contribution in [0.2, 0.25) is 0 Å². The molecule has 2 rings (SSSR count). The lowest BCUT2D eigenvalue weighted by molar-refractivity contribution is -0.144. The van der Waals surface area contributed by atoms with E-state index in [1.807, 2.05) is 31.2 Å². The van der Waals surface area contributed by atoms with E-state index in [2.05, 4.69) is 4.98 Å². The van der Waals surface area contributed by atoms with Crippen LogP contribution in [0.15, 0.2) is 24.3 Å². The van der Waals surface area contributed by atoms with E-state index in [0.29, 0.717) is 6.61 Å². The van der Waals surface area contributed by atoms with Gasteiger partial charge in [0.1, 0.15) is 6.54 Å². The number of hydrogen-bond acceptors (Lipinski definition) is 3. The van der Waals surface area contributed by atoms with Gasteiger partial charge in [-0.05, 0) is 18.6 Å². The molecule has 118 valence electrons. The summed E-state index contributed by atoms with van der Waals surface area (Å²) in [5, 5.41) is 9.94. The Morgan fingerprint density at radius 2 is 2.05 bits per heavy atom. The molecule has 2 aromatic rings. The zero-order valence-electron chi connectivity index (χ0n) is 12.8. The lowest BCUT2D eigenvalue weighted by atomic mass is 10.1. The van der Waals surface area contributed by atoms with Crippen LogP contribution in [0.3, 0.4) is 0 Å². The highest BCUT2D eigenvalue weighted by atomic mass is 16.5. The average molecular weight is 304 g/mol. The monoisotopic (exact) mass is 304 g/mol. The molecule has 0 unspecified atom stereocenters. The minimum atomic E-state index is -1.03. The van der Waals surface area contributed by atoms with Gasteiger partial charge in [-0.15, -0.1) is 0 Å². The number of ether oxygens (including phenoxy) is 1. The Morgan fingerprint density at radius 3 is 2.73 bits per heavy atom. The average Bonchev–Trinajstić information content (AvgIpc) is 2.79. The molecule has 0 aliphatic carbocycles. The lowest BCUT2D eigenvalue weighted by Crippen LogP contribution is -2.39. The number of H-pyrrole nitrogens is 1. The van der Waals surface area contributed by atoms with E-state index in [1.54, 1.807) is 0 Å². The van der Waals surface area contributed by atoms with Gasteiger partial charge in [-0.25, -0.2) is 0 Å². The first kappa shape index (κ1) is 16.0. The highest BCUT2D eigenvalue weighted by Crippen LogP contribution is 2.22. The number of nitrogens with zero attached hydrogens (tertiary/aromatic N) is 1. The Balaban J connectivity index is 2.20. The van der Waals surface area contributed by atoms with Gasteiger partial charge < -0.3 is 19.7 Å². The molecule has 6 nitrogen and oxygen atoms in total. The smallest absolute Gasteiger partial charge is 0.323 e. The number of nitrogens with one attached hydrogen (secondary N) is 1. The molecule has 0 spiro atoms. The van der Waals surface area contributed by atoms with E-state index < -0.39 is 5.97 Å². The van der Waals surface area contributed by atoms with Crippen molar-refractivity contribution >= 4 is 22.8 Å². The number of rotatable bonds is 7. The third-order valence-electron chi connectivity index (χ3n) is 3.60. The van der Waals surface area contributed by atoms with Gasteiger partial charge >= 0.3 is 5.97 Å². The number of carboxylic acids is 1. The number of methoxy groups -OCH3 is 1. The van der Waals surface area contributed by atoms with E-state index in [4.69, 9.17) is 9.84 Å². The Bertz CT molecular complexity index is 678. The van der Waals surface area contributed by atoms with Gasteiger partial charge in [0.05, 0.1) is 13.0 Å². The highest BCUT2D eigenvalue weighted by molar-refractivity contribution is 5.91. The van der Waals surface area contributed by atoms with Crippen molar-refractivity contribution in [3.8, 4) is 0 Å². The number of aromatic nitrogens is 1. The molecule has 0 aliphatic rings. The van der Waals surface area contributed by atoms with Crippen LogP contribution in [0.4, 0.5) is 0 Å². The molecule has 1 aromatic carbocycles. The summed E-state index contributed by atoms with van der Waals surface area (Å²) in [4.78, 5) is 27.9. The van der Waals surface area contributed by atoms with E-state index in [0.717, 1.165) is 22.2 Å². The van der Waals surface area contributed by atoms with Gasteiger partial charge in [-0.3, -0.25) is 9.59 Å². The van der Waals surface area contributed by atoms with Crippen LogP contribution < -0.4 is 0 Å². The summed E-state index contributed by atoms with van der Waals surface area (Å²) in [5.74, 6) is -1.24. The number of carboxylic acid groups (broad SMARTS) is 1. The molecule has 0 aliphatic heterocycles. The minimum Gasteiger partial charge on any atom is -0.480 e. The van der Waals surface area contributed by atoms with E-state index in [1.165, 1.54) is 12.0 Å². The molecular formula is C16H20N2O4. The van der Waals surface area contributed by atoms with Crippen LogP contribution in [0.1, 0.15) is 11.3 Å². The van der Waals surface area contributed by atoms with Crippen LogP contribution in [0, 0.1) is 6.92 Å². The molecule has 0 bridgehead atoms. The zero-order valence-corrected chi connectivity index (χ0v) is 12.8. The van der Waals surface area contributed by atoms with Crippen molar-refractivity contribution in [2.24, 2.45) is 0 Å². The predicted molar refractivity (Wildman–Crippen MR) is 82.8 cm³/mol. The normalized spacial score (nSPS) is 10.8. The molecule has 22 heavy (non-hydrogen) atoms. The topological polar surface area (TPSA) is 82.6 Å². The summed E-state index contributed by atoms with van der Waals surface area (Å²) >= 11 is 0. The van der Waals surface area contributed by atoms with E-state index in [9.17, 15) is 9.59 Å².